The van der Waals surface area contributed by atoms with Crippen LogP contribution in [-0.2, 0) is 4.74 Å². The number of amides is 1. The van der Waals surface area contributed by atoms with E-state index in [-0.39, 0.29) is 18.1 Å². The summed E-state index contributed by atoms with van der Waals surface area (Å²) in [6.07, 6.45) is 3.44. The van der Waals surface area contributed by atoms with E-state index < -0.39 is 11.7 Å². The molecular weight excluding hydrogens is 330 g/mol. The molecular formula is C20H25N3O3. The molecule has 2 aliphatic rings. The van der Waals surface area contributed by atoms with Gasteiger partial charge in [-0.15, -0.1) is 0 Å². The molecule has 0 radical (unpaired) electrons. The van der Waals surface area contributed by atoms with Crippen molar-refractivity contribution in [3.05, 3.63) is 42.4 Å². The van der Waals surface area contributed by atoms with E-state index in [1.165, 1.54) is 5.56 Å². The third-order valence-electron chi connectivity index (χ3n) is 5.20. The van der Waals surface area contributed by atoms with Crippen molar-refractivity contribution in [1.29, 1.82) is 0 Å². The van der Waals surface area contributed by atoms with E-state index in [1.807, 2.05) is 45.4 Å². The van der Waals surface area contributed by atoms with Crippen molar-refractivity contribution < 1.29 is 14.6 Å². The van der Waals surface area contributed by atoms with Gasteiger partial charge in [0.25, 0.3) is 0 Å². The van der Waals surface area contributed by atoms with E-state index in [1.54, 1.807) is 4.90 Å². The van der Waals surface area contributed by atoms with Gasteiger partial charge in [0.2, 0.25) is 0 Å². The van der Waals surface area contributed by atoms with Crippen LogP contribution in [-0.4, -0.2) is 50.4 Å². The number of nitrogens with zero attached hydrogens (tertiary/aromatic N) is 3. The van der Waals surface area contributed by atoms with Crippen molar-refractivity contribution in [1.82, 2.24) is 14.5 Å². The lowest BCUT2D eigenvalue weighted by atomic mass is 9.84. The highest BCUT2D eigenvalue weighted by Gasteiger charge is 2.42. The lowest BCUT2D eigenvalue weighted by Gasteiger charge is -2.40. The van der Waals surface area contributed by atoms with Crippen molar-refractivity contribution >= 4 is 6.09 Å². The first-order chi connectivity index (χ1) is 12.3. The predicted molar refractivity (Wildman–Crippen MR) is 97.7 cm³/mol. The largest absolute Gasteiger partial charge is 0.444 e. The highest BCUT2D eigenvalue weighted by Crippen LogP contribution is 2.45. The minimum Gasteiger partial charge on any atom is -0.444 e. The molecule has 1 unspecified atom stereocenters. The number of aliphatic hydroxyl groups is 1. The van der Waals surface area contributed by atoms with Gasteiger partial charge in [0.05, 0.1) is 30.4 Å². The fourth-order valence-corrected chi connectivity index (χ4v) is 4.08. The number of aromatic nitrogens is 2. The van der Waals surface area contributed by atoms with E-state index in [4.69, 9.17) is 4.74 Å². The Bertz CT molecular complexity index is 824. The highest BCUT2D eigenvalue weighted by atomic mass is 16.6. The SMILES string of the molecule is CC(C)(C)OC(=O)N1CC[C@H](O)[C@@H](C2c3ccccc3-c3cncn32)C1. The summed E-state index contributed by atoms with van der Waals surface area (Å²) in [5, 5.41) is 10.7. The zero-order valence-electron chi connectivity index (χ0n) is 15.4. The van der Waals surface area contributed by atoms with Gasteiger partial charge in [0, 0.05) is 24.6 Å². The second-order valence-electron chi connectivity index (χ2n) is 8.16. The van der Waals surface area contributed by atoms with Crippen LogP contribution in [0, 0.1) is 5.92 Å². The summed E-state index contributed by atoms with van der Waals surface area (Å²) in [5.41, 5.74) is 2.86. The maximum Gasteiger partial charge on any atom is 0.410 e. The molecule has 1 N–H and O–H groups in total. The van der Waals surface area contributed by atoms with Crippen LogP contribution in [0.1, 0.15) is 38.8 Å². The van der Waals surface area contributed by atoms with Crippen LogP contribution in [0.2, 0.25) is 0 Å². The number of benzene rings is 1. The van der Waals surface area contributed by atoms with Crippen LogP contribution in [0.15, 0.2) is 36.8 Å². The molecule has 1 fully saturated rings. The number of fused-ring (bicyclic) bond motifs is 3. The standard InChI is InChI=1S/C20H25N3O3/c1-20(2,3)26-19(25)22-9-8-17(24)15(11-22)18-14-7-5-4-6-13(14)16-10-21-12-23(16)18/h4-7,10,12,15,17-18,24H,8-9,11H2,1-3H3/t15-,17-,18?/m0/s1. The third kappa shape index (κ3) is 2.88. The Labute approximate surface area is 153 Å². The van der Waals surface area contributed by atoms with E-state index >= 15 is 0 Å². The molecule has 6 heteroatoms. The van der Waals surface area contributed by atoms with E-state index in [9.17, 15) is 9.90 Å². The number of imidazole rings is 1. The summed E-state index contributed by atoms with van der Waals surface area (Å²) in [5.74, 6) is -0.104. The minimum absolute atomic E-state index is 0.0241. The van der Waals surface area contributed by atoms with Crippen molar-refractivity contribution in [2.45, 2.75) is 44.9 Å². The average molecular weight is 355 g/mol. The number of piperidine rings is 1. The summed E-state index contributed by atoms with van der Waals surface area (Å²) < 4.78 is 7.66. The van der Waals surface area contributed by atoms with E-state index in [0.29, 0.717) is 19.5 Å². The number of carbonyl (C=O) groups is 1. The molecule has 6 nitrogen and oxygen atoms in total. The first-order valence-electron chi connectivity index (χ1n) is 9.12. The Hall–Kier alpha value is -2.34. The predicted octanol–water partition coefficient (Wildman–Crippen LogP) is 3.07. The van der Waals surface area contributed by atoms with Crippen LogP contribution in [0.3, 0.4) is 0 Å². The van der Waals surface area contributed by atoms with Crippen molar-refractivity contribution in [2.75, 3.05) is 13.1 Å². The molecule has 3 atom stereocenters. The Morgan fingerprint density at radius 3 is 2.85 bits per heavy atom. The highest BCUT2D eigenvalue weighted by molar-refractivity contribution is 5.70. The molecule has 0 aliphatic carbocycles. The molecule has 0 spiro atoms. The maximum atomic E-state index is 12.5. The van der Waals surface area contributed by atoms with E-state index in [0.717, 1.165) is 11.3 Å². The monoisotopic (exact) mass is 355 g/mol. The van der Waals surface area contributed by atoms with Gasteiger partial charge in [0.15, 0.2) is 0 Å². The second kappa shape index (κ2) is 6.13. The molecule has 2 aliphatic heterocycles. The fourth-order valence-electron chi connectivity index (χ4n) is 4.08. The third-order valence-corrected chi connectivity index (χ3v) is 5.20. The minimum atomic E-state index is -0.528. The molecule has 1 saturated heterocycles. The smallest absolute Gasteiger partial charge is 0.410 e. The fraction of sp³-hybridized carbons (Fsp3) is 0.500. The number of carbonyl (C=O) groups excluding carboxylic acids is 1. The van der Waals surface area contributed by atoms with Crippen molar-refractivity contribution in [3.63, 3.8) is 0 Å². The summed E-state index contributed by atoms with van der Waals surface area (Å²) >= 11 is 0. The normalized spacial score (nSPS) is 24.9. The number of likely N-dealkylation sites (tertiary alicyclic amines) is 1. The lowest BCUT2D eigenvalue weighted by Crippen LogP contribution is -2.49. The van der Waals surface area contributed by atoms with Gasteiger partial charge >= 0.3 is 6.09 Å². The maximum absolute atomic E-state index is 12.5. The summed E-state index contributed by atoms with van der Waals surface area (Å²) in [4.78, 5) is 18.5. The number of aliphatic hydroxyl groups excluding tert-OH is 1. The first kappa shape index (κ1) is 17.1. The van der Waals surface area contributed by atoms with Gasteiger partial charge in [0.1, 0.15) is 5.60 Å². The molecule has 1 amide bonds. The Balaban J connectivity index is 1.64. The number of hydrogen-bond acceptors (Lipinski definition) is 4. The summed E-state index contributed by atoms with van der Waals surface area (Å²) in [6, 6.07) is 8.20. The molecule has 4 rings (SSSR count). The molecule has 138 valence electrons. The van der Waals surface area contributed by atoms with E-state index in [2.05, 4.69) is 21.7 Å². The van der Waals surface area contributed by atoms with Crippen LogP contribution in [0.5, 0.6) is 0 Å². The van der Waals surface area contributed by atoms with Gasteiger partial charge in [-0.05, 0) is 32.8 Å². The molecule has 26 heavy (non-hydrogen) atoms. The van der Waals surface area contributed by atoms with Gasteiger partial charge < -0.3 is 19.3 Å². The Morgan fingerprint density at radius 2 is 2.08 bits per heavy atom. The summed E-state index contributed by atoms with van der Waals surface area (Å²) in [7, 11) is 0. The van der Waals surface area contributed by atoms with Gasteiger partial charge in [-0.25, -0.2) is 9.78 Å². The zero-order chi connectivity index (χ0) is 18.5. The topological polar surface area (TPSA) is 67.6 Å². The first-order valence-corrected chi connectivity index (χ1v) is 9.12. The van der Waals surface area contributed by atoms with Crippen molar-refractivity contribution in [3.8, 4) is 11.3 Å². The van der Waals surface area contributed by atoms with Crippen LogP contribution in [0.4, 0.5) is 4.79 Å². The van der Waals surface area contributed by atoms with Gasteiger partial charge in [-0.3, -0.25) is 0 Å². The quantitative estimate of drug-likeness (QED) is 0.854. The number of ether oxygens (including phenoxy) is 1. The Kier molecular flexibility index (Phi) is 4.03. The molecule has 0 bridgehead atoms. The Morgan fingerprint density at radius 1 is 1.31 bits per heavy atom. The molecule has 0 saturated carbocycles. The van der Waals surface area contributed by atoms with Gasteiger partial charge in [-0.2, -0.15) is 0 Å². The zero-order valence-corrected chi connectivity index (χ0v) is 15.4. The van der Waals surface area contributed by atoms with Crippen LogP contribution in [0.25, 0.3) is 11.3 Å². The molecule has 2 aromatic rings. The number of hydrogen-bond donors (Lipinski definition) is 1. The average Bonchev–Trinajstić information content (AvgIpc) is 3.14. The molecule has 1 aromatic heterocycles. The van der Waals surface area contributed by atoms with Crippen molar-refractivity contribution in [2.24, 2.45) is 5.92 Å². The van der Waals surface area contributed by atoms with Crippen LogP contribution >= 0.6 is 0 Å². The molecule has 3 heterocycles. The molecule has 1 aromatic carbocycles. The van der Waals surface area contributed by atoms with Gasteiger partial charge in [-0.1, -0.05) is 24.3 Å². The van der Waals surface area contributed by atoms with Crippen LogP contribution < -0.4 is 0 Å². The number of rotatable bonds is 1. The lowest BCUT2D eigenvalue weighted by molar-refractivity contribution is -0.0158. The summed E-state index contributed by atoms with van der Waals surface area (Å²) in [6.45, 7) is 6.58. The second-order valence-corrected chi connectivity index (χ2v) is 8.16.